The Balaban J connectivity index is 2.06. The zero-order chi connectivity index (χ0) is 21.2. The maximum absolute atomic E-state index is 13.1. The van der Waals surface area contributed by atoms with Gasteiger partial charge >= 0.3 is 6.18 Å². The Morgan fingerprint density at radius 1 is 1.17 bits per heavy atom. The maximum Gasteiger partial charge on any atom is 0.416 e. The van der Waals surface area contributed by atoms with Crippen LogP contribution in [-0.2, 0) is 12.6 Å². The summed E-state index contributed by atoms with van der Waals surface area (Å²) in [5.41, 5.74) is 12.0. The molecule has 0 radical (unpaired) electrons. The van der Waals surface area contributed by atoms with Crippen LogP contribution < -0.4 is 21.7 Å². The second kappa shape index (κ2) is 8.44. The fraction of sp³-hybridized carbons (Fsp3) is 0.500. The molecule has 5 N–H and O–H groups in total. The summed E-state index contributed by atoms with van der Waals surface area (Å²) in [5.74, 6) is 1.01. The van der Waals surface area contributed by atoms with Crippen LogP contribution in [0, 0.1) is 0 Å². The highest BCUT2D eigenvalue weighted by Gasteiger charge is 2.32. The van der Waals surface area contributed by atoms with Crippen LogP contribution >= 0.6 is 0 Å². The fourth-order valence-electron chi connectivity index (χ4n) is 3.67. The molecule has 1 fully saturated rings. The van der Waals surface area contributed by atoms with Gasteiger partial charge in [0, 0.05) is 42.3 Å². The van der Waals surface area contributed by atoms with Gasteiger partial charge in [-0.3, -0.25) is 0 Å². The molecule has 0 spiro atoms. The lowest BCUT2D eigenvalue weighted by Gasteiger charge is -2.33. The Bertz CT molecular complexity index is 845. The number of anilines is 3. The van der Waals surface area contributed by atoms with Crippen molar-refractivity contribution < 1.29 is 13.2 Å². The molecule has 0 amide bonds. The van der Waals surface area contributed by atoms with Crippen LogP contribution in [0.5, 0.6) is 0 Å². The van der Waals surface area contributed by atoms with Crippen LogP contribution in [0.2, 0.25) is 0 Å². The van der Waals surface area contributed by atoms with Crippen LogP contribution in [-0.4, -0.2) is 36.1 Å². The number of piperidine rings is 1. The van der Waals surface area contributed by atoms with Crippen molar-refractivity contribution in [1.82, 2.24) is 15.3 Å². The molecular formula is C20H27F3N6. The number of rotatable bonds is 5. The average Bonchev–Trinajstić information content (AvgIpc) is 2.67. The number of nitrogens with two attached hydrogens (primary N) is 2. The minimum atomic E-state index is -4.52. The quantitative estimate of drug-likeness (QED) is 0.656. The van der Waals surface area contributed by atoms with Crippen molar-refractivity contribution in [3.63, 3.8) is 0 Å². The van der Waals surface area contributed by atoms with Crippen molar-refractivity contribution >= 4 is 17.2 Å². The first-order valence-electron chi connectivity index (χ1n) is 9.79. The van der Waals surface area contributed by atoms with E-state index in [1.165, 1.54) is 0 Å². The number of aromatic nitrogens is 2. The molecule has 1 aliphatic rings. The highest BCUT2D eigenvalue weighted by molar-refractivity contribution is 5.84. The van der Waals surface area contributed by atoms with Gasteiger partial charge in [0.05, 0.1) is 11.1 Å². The number of alkyl halides is 3. The highest BCUT2D eigenvalue weighted by atomic mass is 19.4. The van der Waals surface area contributed by atoms with Crippen molar-refractivity contribution in [1.29, 1.82) is 0 Å². The fourth-order valence-corrected chi connectivity index (χ4v) is 3.67. The topological polar surface area (TPSA) is 93.1 Å². The number of nitrogens with one attached hydrogen (secondary N) is 1. The first-order chi connectivity index (χ1) is 13.7. The van der Waals surface area contributed by atoms with E-state index >= 15 is 0 Å². The largest absolute Gasteiger partial charge is 0.416 e. The van der Waals surface area contributed by atoms with Crippen LogP contribution in [0.3, 0.4) is 0 Å². The number of hydrogen-bond donors (Lipinski definition) is 3. The van der Waals surface area contributed by atoms with Gasteiger partial charge in [-0.1, -0.05) is 13.3 Å². The minimum absolute atomic E-state index is 0.0799. The van der Waals surface area contributed by atoms with Gasteiger partial charge < -0.3 is 21.7 Å². The van der Waals surface area contributed by atoms with Gasteiger partial charge in [0.1, 0.15) is 5.82 Å². The molecule has 29 heavy (non-hydrogen) atoms. The number of nitrogens with zero attached hydrogens (tertiary/aromatic N) is 3. The standard InChI is InChI=1S/C20H27F3N6/c1-3-5-13-10-17(29-7-4-6-14(11-29)26-2)28-19(27-13)18-15(24)8-12(9-16(18)25)20(21,22)23/h8-10,14,26H,3-7,11,24-25H2,1-2H3. The predicted octanol–water partition coefficient (Wildman–Crippen LogP) is 3.47. The second-order valence-electron chi connectivity index (χ2n) is 7.39. The van der Waals surface area contributed by atoms with Crippen LogP contribution in [0.4, 0.5) is 30.4 Å². The molecule has 1 aromatic carbocycles. The monoisotopic (exact) mass is 408 g/mol. The van der Waals surface area contributed by atoms with E-state index in [4.69, 9.17) is 11.5 Å². The average molecular weight is 408 g/mol. The molecule has 0 saturated carbocycles. The van der Waals surface area contributed by atoms with Gasteiger partial charge in [0.2, 0.25) is 0 Å². The van der Waals surface area contributed by atoms with E-state index in [9.17, 15) is 13.2 Å². The smallest absolute Gasteiger partial charge is 0.398 e. The third kappa shape index (κ3) is 4.72. The SMILES string of the molecule is CCCc1cc(N2CCCC(NC)C2)nc(-c2c(N)cc(C(F)(F)F)cc2N)n1. The van der Waals surface area contributed by atoms with Gasteiger partial charge in [0.25, 0.3) is 0 Å². The van der Waals surface area contributed by atoms with E-state index in [0.717, 1.165) is 62.4 Å². The van der Waals surface area contributed by atoms with Crippen LogP contribution in [0.15, 0.2) is 18.2 Å². The Hall–Kier alpha value is -2.55. The number of hydrogen-bond acceptors (Lipinski definition) is 6. The van der Waals surface area contributed by atoms with E-state index in [0.29, 0.717) is 6.04 Å². The van der Waals surface area contributed by atoms with E-state index in [1.54, 1.807) is 0 Å². The van der Waals surface area contributed by atoms with Gasteiger partial charge in [0.15, 0.2) is 5.82 Å². The Labute approximate surface area is 168 Å². The Morgan fingerprint density at radius 2 is 1.86 bits per heavy atom. The van der Waals surface area contributed by atoms with Crippen molar-refractivity contribution in [2.75, 3.05) is 36.5 Å². The molecule has 9 heteroatoms. The summed E-state index contributed by atoms with van der Waals surface area (Å²) in [7, 11) is 1.94. The summed E-state index contributed by atoms with van der Waals surface area (Å²) in [6.45, 7) is 3.70. The first kappa shape index (κ1) is 21.2. The summed E-state index contributed by atoms with van der Waals surface area (Å²) in [6, 6.07) is 4.08. The summed E-state index contributed by atoms with van der Waals surface area (Å²) >= 11 is 0. The summed E-state index contributed by atoms with van der Waals surface area (Å²) in [4.78, 5) is 11.4. The number of halogens is 3. The van der Waals surface area contributed by atoms with E-state index in [-0.39, 0.29) is 22.8 Å². The second-order valence-corrected chi connectivity index (χ2v) is 7.39. The molecule has 1 unspecified atom stereocenters. The molecule has 0 aliphatic carbocycles. The molecule has 158 valence electrons. The Kier molecular flexibility index (Phi) is 6.16. The van der Waals surface area contributed by atoms with E-state index in [1.807, 2.05) is 20.0 Å². The summed E-state index contributed by atoms with van der Waals surface area (Å²) in [6.07, 6.45) is -0.795. The molecule has 2 heterocycles. The molecule has 1 aliphatic heterocycles. The zero-order valence-electron chi connectivity index (χ0n) is 16.7. The summed E-state index contributed by atoms with van der Waals surface area (Å²) < 4.78 is 39.2. The normalized spacial score (nSPS) is 17.6. The van der Waals surface area contributed by atoms with Crippen molar-refractivity contribution in [2.24, 2.45) is 0 Å². The molecule has 3 rings (SSSR count). The number of aryl methyl sites for hydroxylation is 1. The van der Waals surface area contributed by atoms with Crippen LogP contribution in [0.25, 0.3) is 11.4 Å². The number of nitrogen functional groups attached to an aromatic ring is 2. The maximum atomic E-state index is 13.1. The summed E-state index contributed by atoms with van der Waals surface area (Å²) in [5, 5.41) is 3.30. The third-order valence-electron chi connectivity index (χ3n) is 5.18. The lowest BCUT2D eigenvalue weighted by Crippen LogP contribution is -2.44. The predicted molar refractivity (Wildman–Crippen MR) is 110 cm³/mol. The molecule has 2 aromatic rings. The molecular weight excluding hydrogens is 381 g/mol. The van der Waals surface area contributed by atoms with Gasteiger partial charge in [-0.15, -0.1) is 0 Å². The van der Waals surface area contributed by atoms with Gasteiger partial charge in [-0.05, 0) is 38.4 Å². The molecule has 1 saturated heterocycles. The van der Waals surface area contributed by atoms with Gasteiger partial charge in [-0.2, -0.15) is 13.2 Å². The third-order valence-corrected chi connectivity index (χ3v) is 5.18. The molecule has 1 aromatic heterocycles. The molecule has 6 nitrogen and oxygen atoms in total. The van der Waals surface area contributed by atoms with Gasteiger partial charge in [-0.25, -0.2) is 9.97 Å². The van der Waals surface area contributed by atoms with Crippen molar-refractivity contribution in [3.8, 4) is 11.4 Å². The van der Waals surface area contributed by atoms with E-state index < -0.39 is 11.7 Å². The highest BCUT2D eigenvalue weighted by Crippen LogP contribution is 2.38. The number of likely N-dealkylation sites (N-methyl/N-ethyl adjacent to an activating group) is 1. The minimum Gasteiger partial charge on any atom is -0.398 e. The van der Waals surface area contributed by atoms with Crippen molar-refractivity contribution in [2.45, 2.75) is 44.8 Å². The van der Waals surface area contributed by atoms with Crippen molar-refractivity contribution in [3.05, 3.63) is 29.5 Å². The van der Waals surface area contributed by atoms with E-state index in [2.05, 4.69) is 20.2 Å². The lowest BCUT2D eigenvalue weighted by atomic mass is 10.0. The van der Waals surface area contributed by atoms with Crippen LogP contribution in [0.1, 0.15) is 37.4 Å². The Morgan fingerprint density at radius 3 is 2.45 bits per heavy atom. The number of benzene rings is 1. The molecule has 0 bridgehead atoms. The molecule has 1 atom stereocenters. The zero-order valence-corrected chi connectivity index (χ0v) is 16.7. The first-order valence-corrected chi connectivity index (χ1v) is 9.79. The lowest BCUT2D eigenvalue weighted by molar-refractivity contribution is -0.137.